The number of hydrogen-bond donors (Lipinski definition) is 0. The first-order valence-corrected chi connectivity index (χ1v) is 4.64. The molecule has 0 saturated carbocycles. The van der Waals surface area contributed by atoms with E-state index in [1.165, 1.54) is 21.6 Å². The summed E-state index contributed by atoms with van der Waals surface area (Å²) in [6.07, 6.45) is 15.5. The fourth-order valence-electron chi connectivity index (χ4n) is 1.82. The van der Waals surface area contributed by atoms with Gasteiger partial charge in [-0.2, -0.15) is 0 Å². The van der Waals surface area contributed by atoms with E-state index in [9.17, 15) is 0 Å². The van der Waals surface area contributed by atoms with Crippen LogP contribution in [0.25, 0.3) is 18.2 Å². The van der Waals surface area contributed by atoms with Gasteiger partial charge in [0, 0.05) is 11.8 Å². The molecule has 14 heavy (non-hydrogen) atoms. The number of fused-ring (bicyclic) bond motifs is 3. The van der Waals surface area contributed by atoms with E-state index in [-0.39, 0.29) is 0 Å². The van der Waals surface area contributed by atoms with Crippen LogP contribution in [-0.2, 0) is 0 Å². The fourth-order valence-corrected chi connectivity index (χ4v) is 1.82. The lowest BCUT2D eigenvalue weighted by atomic mass is 9.97. The Labute approximate surface area is 82.9 Å². The first-order valence-electron chi connectivity index (χ1n) is 4.64. The minimum absolute atomic E-state index is 1.18. The smallest absolute Gasteiger partial charge is 0.123 e. The maximum Gasteiger partial charge on any atom is 0.123 e. The van der Waals surface area contributed by atoms with Crippen molar-refractivity contribution in [1.82, 2.24) is 0 Å². The Kier molecular flexibility index (Phi) is 1.46. The summed E-state index contributed by atoms with van der Waals surface area (Å²) in [6.45, 7) is 0. The molecule has 1 aromatic rings. The van der Waals surface area contributed by atoms with Gasteiger partial charge in [0.25, 0.3) is 0 Å². The van der Waals surface area contributed by atoms with E-state index in [2.05, 4.69) is 48.6 Å². The Bertz CT molecular complexity index is 592. The van der Waals surface area contributed by atoms with Crippen molar-refractivity contribution >= 4 is 18.2 Å². The van der Waals surface area contributed by atoms with Crippen LogP contribution >= 0.6 is 0 Å². The van der Waals surface area contributed by atoms with Gasteiger partial charge in [0.05, 0.1) is 16.9 Å². The molecule has 0 amide bonds. The molecular formula is C14H8. The third-order valence-electron chi connectivity index (χ3n) is 2.50. The van der Waals surface area contributed by atoms with Crippen molar-refractivity contribution < 1.29 is 0 Å². The van der Waals surface area contributed by atoms with Crippen molar-refractivity contribution in [2.24, 2.45) is 0 Å². The second-order valence-corrected chi connectivity index (χ2v) is 3.35. The third kappa shape index (κ3) is 0.963. The van der Waals surface area contributed by atoms with Crippen LogP contribution in [0.15, 0.2) is 36.1 Å². The third-order valence-corrected chi connectivity index (χ3v) is 2.50. The van der Waals surface area contributed by atoms with Gasteiger partial charge in [-0.1, -0.05) is 11.3 Å². The second kappa shape index (κ2) is 2.75. The van der Waals surface area contributed by atoms with Crippen molar-refractivity contribution in [3.05, 3.63) is 64.1 Å². The Balaban J connectivity index is 2.50. The van der Waals surface area contributed by atoms with Crippen LogP contribution in [0.1, 0.15) is 11.1 Å². The summed E-state index contributed by atoms with van der Waals surface area (Å²) in [7, 11) is 0. The molecule has 0 bridgehead atoms. The molecule has 0 radical (unpaired) electrons. The molecule has 0 unspecified atom stereocenters. The molecule has 2 aliphatic carbocycles. The molecule has 1 aromatic carbocycles. The van der Waals surface area contributed by atoms with Crippen molar-refractivity contribution in [2.45, 2.75) is 0 Å². The zero-order chi connectivity index (χ0) is 9.38. The summed E-state index contributed by atoms with van der Waals surface area (Å²) in [5, 5.41) is 2.45. The van der Waals surface area contributed by atoms with Gasteiger partial charge in [0.15, 0.2) is 0 Å². The Morgan fingerprint density at radius 3 is 3.29 bits per heavy atom. The van der Waals surface area contributed by atoms with Gasteiger partial charge in [-0.25, -0.2) is 0 Å². The van der Waals surface area contributed by atoms with E-state index >= 15 is 0 Å². The van der Waals surface area contributed by atoms with Gasteiger partial charge in [-0.3, -0.25) is 0 Å². The molecule has 2 aliphatic rings. The summed E-state index contributed by atoms with van der Waals surface area (Å²) in [4.78, 5) is 0. The molecule has 0 aromatic heterocycles. The van der Waals surface area contributed by atoms with E-state index in [4.69, 9.17) is 0 Å². The molecule has 0 N–H and O–H groups in total. The molecule has 0 aliphatic heterocycles. The highest BCUT2D eigenvalue weighted by molar-refractivity contribution is 5.63. The van der Waals surface area contributed by atoms with Crippen molar-refractivity contribution in [3.8, 4) is 0 Å². The molecule has 0 heteroatoms. The summed E-state index contributed by atoms with van der Waals surface area (Å²) >= 11 is 0. The fraction of sp³-hybridized carbons (Fsp3) is 0. The zero-order valence-corrected chi connectivity index (χ0v) is 7.62. The largest absolute Gasteiger partial charge is 0.145 e. The van der Waals surface area contributed by atoms with E-state index in [1.807, 2.05) is 12.2 Å². The van der Waals surface area contributed by atoms with Crippen LogP contribution in [0, 0.1) is 6.42 Å². The normalized spacial score (nSPS) is 14.3. The molecule has 3 rings (SSSR count). The molecule has 0 fully saturated rings. The number of benzene rings is 1. The van der Waals surface area contributed by atoms with Crippen LogP contribution in [0.3, 0.4) is 0 Å². The number of rotatable bonds is 0. The Morgan fingerprint density at radius 2 is 2.29 bits per heavy atom. The Hall–Kier alpha value is -2.00. The predicted octanol–water partition coefficient (Wildman–Crippen LogP) is 1.43. The van der Waals surface area contributed by atoms with E-state index < -0.39 is 0 Å². The first-order chi connectivity index (χ1) is 6.95. The van der Waals surface area contributed by atoms with Crippen molar-refractivity contribution in [1.29, 1.82) is 0 Å². The van der Waals surface area contributed by atoms with Gasteiger partial charge in [-0.05, 0) is 0 Å². The molecule has 64 valence electrons. The molecule has 0 heterocycles. The monoisotopic (exact) mass is 176 g/mol. The molecular weight excluding hydrogens is 168 g/mol. The minimum Gasteiger partial charge on any atom is -0.145 e. The highest BCUT2D eigenvalue weighted by atomic mass is 14.1. The van der Waals surface area contributed by atoms with Gasteiger partial charge in [0.2, 0.25) is 0 Å². The van der Waals surface area contributed by atoms with Gasteiger partial charge in [-0.15, -0.1) is 36.3 Å². The predicted molar refractivity (Wildman–Crippen MR) is 58.7 cm³/mol. The SMILES string of the molecule is C1=C[C+]=c2c(ccc3c2=CC=C[CH-]3)C=1. The first kappa shape index (κ1) is 7.41. The van der Waals surface area contributed by atoms with Crippen LogP contribution in [0.5, 0.6) is 0 Å². The highest BCUT2D eigenvalue weighted by Crippen LogP contribution is 2.04. The maximum absolute atomic E-state index is 3.24. The standard InChI is InChI=1S/C14H8/c1-3-7-13-11(5-1)9-10-12-6-2-4-8-14(12)13/h1,3-7,9-10H. The van der Waals surface area contributed by atoms with Crippen LogP contribution in [0.4, 0.5) is 0 Å². The van der Waals surface area contributed by atoms with E-state index in [1.54, 1.807) is 0 Å². The van der Waals surface area contributed by atoms with E-state index in [0.717, 1.165) is 0 Å². The number of hydrogen-bond acceptors (Lipinski definition) is 0. The lowest BCUT2D eigenvalue weighted by Gasteiger charge is -2.11. The molecule has 0 spiro atoms. The van der Waals surface area contributed by atoms with Crippen LogP contribution in [-0.4, -0.2) is 0 Å². The van der Waals surface area contributed by atoms with Gasteiger partial charge >= 0.3 is 0 Å². The van der Waals surface area contributed by atoms with Gasteiger partial charge < -0.3 is 0 Å². The molecule has 0 nitrogen and oxygen atoms in total. The summed E-state index contributed by atoms with van der Waals surface area (Å²) in [5.74, 6) is 0. The van der Waals surface area contributed by atoms with Gasteiger partial charge in [0.1, 0.15) is 6.08 Å². The topological polar surface area (TPSA) is 0 Å². The highest BCUT2D eigenvalue weighted by Gasteiger charge is 2.02. The minimum atomic E-state index is 1.18. The lowest BCUT2D eigenvalue weighted by Crippen LogP contribution is -2.31. The Morgan fingerprint density at radius 1 is 1.29 bits per heavy atom. The number of allylic oxidation sites excluding steroid dienone is 3. The summed E-state index contributed by atoms with van der Waals surface area (Å²) < 4.78 is 0. The van der Waals surface area contributed by atoms with Crippen molar-refractivity contribution in [2.75, 3.05) is 0 Å². The maximum atomic E-state index is 3.24. The summed E-state index contributed by atoms with van der Waals surface area (Å²) in [5.41, 5.74) is 5.51. The van der Waals surface area contributed by atoms with Crippen LogP contribution in [0.2, 0.25) is 0 Å². The quantitative estimate of drug-likeness (QED) is 0.414. The average Bonchev–Trinajstić information content (AvgIpc) is 2.29. The van der Waals surface area contributed by atoms with Crippen molar-refractivity contribution in [3.63, 3.8) is 0 Å². The summed E-state index contributed by atoms with van der Waals surface area (Å²) in [6, 6.07) is 4.25. The molecule has 0 atom stereocenters. The van der Waals surface area contributed by atoms with E-state index in [0.29, 0.717) is 0 Å². The zero-order valence-electron chi connectivity index (χ0n) is 7.62. The lowest BCUT2D eigenvalue weighted by molar-refractivity contribution is 1.37. The van der Waals surface area contributed by atoms with Crippen LogP contribution < -0.4 is 10.4 Å². The average molecular weight is 176 g/mol. The molecule has 0 saturated heterocycles. The second-order valence-electron chi connectivity index (χ2n) is 3.35.